The van der Waals surface area contributed by atoms with Crippen molar-refractivity contribution in [2.24, 2.45) is 26.2 Å². The van der Waals surface area contributed by atoms with Gasteiger partial charge in [-0.1, -0.05) is 41.5 Å². The molecule has 4 heteroatoms. The Bertz CT molecular complexity index is 448. The van der Waals surface area contributed by atoms with Crippen molar-refractivity contribution in [1.29, 1.82) is 0 Å². The molecule has 1 saturated carbocycles. The van der Waals surface area contributed by atoms with E-state index in [4.69, 9.17) is 19.5 Å². The van der Waals surface area contributed by atoms with Gasteiger partial charge in [-0.25, -0.2) is 9.98 Å². The molecule has 3 rings (SSSR count). The molecule has 0 aromatic rings. The summed E-state index contributed by atoms with van der Waals surface area (Å²) in [7, 11) is 0. The Morgan fingerprint density at radius 2 is 1.19 bits per heavy atom. The first-order valence-corrected chi connectivity index (χ1v) is 8.05. The summed E-state index contributed by atoms with van der Waals surface area (Å²) in [5, 5.41) is 0. The molecule has 0 amide bonds. The number of rotatable bonds is 2. The molecular formula is C17H28N2O2. The van der Waals surface area contributed by atoms with Gasteiger partial charge in [0.05, 0.1) is 12.1 Å². The van der Waals surface area contributed by atoms with Crippen molar-refractivity contribution in [2.45, 2.75) is 66.5 Å². The molecule has 0 bridgehead atoms. The first kappa shape index (κ1) is 14.9. The van der Waals surface area contributed by atoms with Crippen LogP contribution in [0.15, 0.2) is 9.98 Å². The molecule has 1 fully saturated rings. The highest BCUT2D eigenvalue weighted by Crippen LogP contribution is 2.52. The maximum atomic E-state index is 5.94. The molecule has 21 heavy (non-hydrogen) atoms. The predicted molar refractivity (Wildman–Crippen MR) is 84.9 cm³/mol. The van der Waals surface area contributed by atoms with Crippen molar-refractivity contribution in [3.8, 4) is 0 Å². The van der Waals surface area contributed by atoms with Crippen LogP contribution in [0.3, 0.4) is 0 Å². The molecule has 0 unspecified atom stereocenters. The van der Waals surface area contributed by atoms with Crippen LogP contribution in [0.25, 0.3) is 0 Å². The van der Waals surface area contributed by atoms with Gasteiger partial charge in [-0.2, -0.15) is 0 Å². The number of hydrogen-bond acceptors (Lipinski definition) is 4. The van der Waals surface area contributed by atoms with E-state index in [1.165, 1.54) is 0 Å². The molecule has 0 N–H and O–H groups in total. The van der Waals surface area contributed by atoms with Crippen LogP contribution in [-0.2, 0) is 9.47 Å². The Balaban J connectivity index is 1.81. The predicted octanol–water partition coefficient (Wildman–Crippen LogP) is 3.45. The van der Waals surface area contributed by atoms with Crippen LogP contribution >= 0.6 is 0 Å². The number of nitrogens with zero attached hydrogens (tertiary/aromatic N) is 2. The Hall–Kier alpha value is -1.06. The van der Waals surface area contributed by atoms with Crippen LogP contribution < -0.4 is 0 Å². The normalized spacial score (nSPS) is 31.3. The average Bonchev–Trinajstić information content (AvgIpc) is 2.82. The zero-order chi connectivity index (χ0) is 15.5. The van der Waals surface area contributed by atoms with Gasteiger partial charge in [0, 0.05) is 0 Å². The summed E-state index contributed by atoms with van der Waals surface area (Å²) in [4.78, 5) is 9.72. The Morgan fingerprint density at radius 1 is 0.810 bits per heavy atom. The minimum atomic E-state index is -0.139. The number of ether oxygens (including phenoxy) is 2. The zero-order valence-corrected chi connectivity index (χ0v) is 14.2. The van der Waals surface area contributed by atoms with Crippen LogP contribution in [-0.4, -0.2) is 37.1 Å². The standard InChI is InChI=1S/C17H28N2O2/c1-15(2,3)11-9-20-13(18-11)17(7-8-17)14-19-12(10-21-14)16(4,5)6/h11-12H,7-10H2,1-6H3/t11-,12-/m0/s1. The Kier molecular flexibility index (Phi) is 3.16. The summed E-state index contributed by atoms with van der Waals surface area (Å²) in [6.07, 6.45) is 2.11. The topological polar surface area (TPSA) is 43.2 Å². The van der Waals surface area contributed by atoms with Crippen LogP contribution in [0.4, 0.5) is 0 Å². The number of aliphatic imine (C=N–C) groups is 2. The van der Waals surface area contributed by atoms with Crippen molar-refractivity contribution in [3.05, 3.63) is 0 Å². The smallest absolute Gasteiger partial charge is 0.199 e. The van der Waals surface area contributed by atoms with Gasteiger partial charge in [0.25, 0.3) is 0 Å². The summed E-state index contributed by atoms with van der Waals surface area (Å²) in [5.74, 6) is 1.74. The van der Waals surface area contributed by atoms with Crippen molar-refractivity contribution in [2.75, 3.05) is 13.2 Å². The summed E-state index contributed by atoms with van der Waals surface area (Å²) in [5.41, 5.74) is 0.147. The first-order chi connectivity index (χ1) is 9.63. The lowest BCUT2D eigenvalue weighted by atomic mass is 9.88. The van der Waals surface area contributed by atoms with Crippen LogP contribution in [0, 0.1) is 16.2 Å². The van der Waals surface area contributed by atoms with E-state index >= 15 is 0 Å². The summed E-state index contributed by atoms with van der Waals surface area (Å²) in [6, 6.07) is 0.482. The lowest BCUT2D eigenvalue weighted by Crippen LogP contribution is -2.26. The zero-order valence-electron chi connectivity index (χ0n) is 14.2. The van der Waals surface area contributed by atoms with Gasteiger partial charge in [0.1, 0.15) is 18.6 Å². The monoisotopic (exact) mass is 292 g/mol. The third kappa shape index (κ3) is 2.58. The van der Waals surface area contributed by atoms with Crippen molar-refractivity contribution < 1.29 is 9.47 Å². The molecule has 2 aliphatic heterocycles. The molecule has 118 valence electrons. The van der Waals surface area contributed by atoms with Crippen molar-refractivity contribution >= 4 is 11.8 Å². The Morgan fingerprint density at radius 3 is 1.43 bits per heavy atom. The van der Waals surface area contributed by atoms with Gasteiger partial charge < -0.3 is 9.47 Å². The lowest BCUT2D eigenvalue weighted by molar-refractivity contribution is 0.220. The van der Waals surface area contributed by atoms with Gasteiger partial charge >= 0.3 is 0 Å². The molecule has 1 aliphatic carbocycles. The second-order valence-electron chi connectivity index (χ2n) is 8.84. The van der Waals surface area contributed by atoms with E-state index in [9.17, 15) is 0 Å². The maximum absolute atomic E-state index is 5.94. The maximum Gasteiger partial charge on any atom is 0.199 e. The van der Waals surface area contributed by atoms with E-state index in [0.29, 0.717) is 13.2 Å². The van der Waals surface area contributed by atoms with Gasteiger partial charge in [0.15, 0.2) is 11.8 Å². The fourth-order valence-corrected chi connectivity index (χ4v) is 2.80. The quantitative estimate of drug-likeness (QED) is 0.782. The molecule has 0 saturated heterocycles. The molecule has 3 aliphatic rings. The molecule has 0 spiro atoms. The van der Waals surface area contributed by atoms with Crippen LogP contribution in [0.2, 0.25) is 0 Å². The van der Waals surface area contributed by atoms with E-state index in [1.54, 1.807) is 0 Å². The fourth-order valence-electron chi connectivity index (χ4n) is 2.80. The Labute approximate surface area is 128 Å². The molecule has 0 aromatic heterocycles. The fraction of sp³-hybridized carbons (Fsp3) is 0.882. The highest BCUT2D eigenvalue weighted by molar-refractivity contribution is 6.09. The van der Waals surface area contributed by atoms with E-state index in [2.05, 4.69) is 41.5 Å². The SMILES string of the molecule is CC(C)(C)[C@@H]1COC(C2(C3=N[C@H](C(C)(C)C)CO3)CC2)=N1. The number of hydrogen-bond donors (Lipinski definition) is 0. The van der Waals surface area contributed by atoms with E-state index < -0.39 is 0 Å². The van der Waals surface area contributed by atoms with Crippen LogP contribution in [0.1, 0.15) is 54.4 Å². The highest BCUT2D eigenvalue weighted by atomic mass is 16.5. The van der Waals surface area contributed by atoms with Gasteiger partial charge in [0.2, 0.25) is 0 Å². The highest BCUT2D eigenvalue weighted by Gasteiger charge is 2.59. The minimum Gasteiger partial charge on any atom is -0.478 e. The van der Waals surface area contributed by atoms with Gasteiger partial charge in [-0.15, -0.1) is 0 Å². The van der Waals surface area contributed by atoms with E-state index in [0.717, 1.165) is 24.6 Å². The summed E-state index contributed by atoms with van der Waals surface area (Å²) < 4.78 is 11.9. The third-order valence-corrected chi connectivity index (χ3v) is 4.87. The minimum absolute atomic E-state index is 0.139. The van der Waals surface area contributed by atoms with Gasteiger partial charge in [-0.05, 0) is 23.7 Å². The van der Waals surface area contributed by atoms with Crippen LogP contribution in [0.5, 0.6) is 0 Å². The van der Waals surface area contributed by atoms with E-state index in [-0.39, 0.29) is 28.3 Å². The largest absolute Gasteiger partial charge is 0.478 e. The summed E-state index contributed by atoms with van der Waals surface area (Å²) in [6.45, 7) is 14.7. The molecule has 2 heterocycles. The first-order valence-electron chi connectivity index (χ1n) is 8.05. The van der Waals surface area contributed by atoms with Crippen molar-refractivity contribution in [3.63, 3.8) is 0 Å². The van der Waals surface area contributed by atoms with Gasteiger partial charge in [-0.3, -0.25) is 0 Å². The average molecular weight is 292 g/mol. The molecule has 0 aromatic carbocycles. The second-order valence-corrected chi connectivity index (χ2v) is 8.84. The molecule has 2 atom stereocenters. The third-order valence-electron chi connectivity index (χ3n) is 4.87. The summed E-state index contributed by atoms with van der Waals surface area (Å²) >= 11 is 0. The molecule has 0 radical (unpaired) electrons. The molecule has 4 nitrogen and oxygen atoms in total. The lowest BCUT2D eigenvalue weighted by Gasteiger charge is -2.22. The second kappa shape index (κ2) is 4.47. The molecular weight excluding hydrogens is 264 g/mol. The van der Waals surface area contributed by atoms with Crippen molar-refractivity contribution in [1.82, 2.24) is 0 Å². The van der Waals surface area contributed by atoms with E-state index in [1.807, 2.05) is 0 Å².